The predicted octanol–water partition coefficient (Wildman–Crippen LogP) is 2.02. The minimum atomic E-state index is -0.435. The number of hydrogen-bond acceptors (Lipinski definition) is 3. The normalized spacial score (nSPS) is 16.5. The van der Waals surface area contributed by atoms with E-state index in [-0.39, 0.29) is 5.91 Å². The molecular weight excluding hydrogens is 216 g/mol. The van der Waals surface area contributed by atoms with Crippen molar-refractivity contribution in [2.45, 2.75) is 25.9 Å². The molecule has 92 valence electrons. The number of ether oxygens (including phenoxy) is 1. The molecule has 1 unspecified atom stereocenters. The molecule has 1 aromatic rings. The van der Waals surface area contributed by atoms with Crippen LogP contribution in [0.1, 0.15) is 19.8 Å². The van der Waals surface area contributed by atoms with Gasteiger partial charge in [-0.3, -0.25) is 4.79 Å². The zero-order valence-corrected chi connectivity index (χ0v) is 9.98. The Morgan fingerprint density at radius 3 is 2.88 bits per heavy atom. The highest BCUT2D eigenvalue weighted by Crippen LogP contribution is 2.29. The molecule has 1 aliphatic carbocycles. The third-order valence-electron chi connectivity index (χ3n) is 2.87. The van der Waals surface area contributed by atoms with Crippen LogP contribution in [0, 0.1) is 5.92 Å². The molecule has 0 aromatic heterocycles. The van der Waals surface area contributed by atoms with Crippen LogP contribution < -0.4 is 11.1 Å². The first kappa shape index (κ1) is 11.9. The molecule has 17 heavy (non-hydrogen) atoms. The monoisotopic (exact) mass is 234 g/mol. The molecule has 3 N–H and O–H groups in total. The number of rotatable bonds is 5. The number of nitrogens with two attached hydrogens (primary N) is 1. The summed E-state index contributed by atoms with van der Waals surface area (Å²) in [5.41, 5.74) is 6.95. The molecule has 1 atom stereocenters. The Morgan fingerprint density at radius 1 is 1.53 bits per heavy atom. The van der Waals surface area contributed by atoms with Crippen LogP contribution in [0.15, 0.2) is 24.3 Å². The van der Waals surface area contributed by atoms with E-state index in [4.69, 9.17) is 10.5 Å². The molecule has 0 radical (unpaired) electrons. The van der Waals surface area contributed by atoms with Gasteiger partial charge < -0.3 is 15.8 Å². The molecule has 1 amide bonds. The Kier molecular flexibility index (Phi) is 3.64. The van der Waals surface area contributed by atoms with Crippen molar-refractivity contribution < 1.29 is 9.53 Å². The van der Waals surface area contributed by atoms with Crippen LogP contribution >= 0.6 is 0 Å². The smallest absolute Gasteiger partial charge is 0.253 e. The highest BCUT2D eigenvalue weighted by Gasteiger charge is 2.24. The fourth-order valence-electron chi connectivity index (χ4n) is 1.49. The fourth-order valence-corrected chi connectivity index (χ4v) is 1.49. The number of hydrogen-bond donors (Lipinski definition) is 2. The van der Waals surface area contributed by atoms with Gasteiger partial charge in [0.25, 0.3) is 5.91 Å². The number of anilines is 2. The molecule has 1 aromatic carbocycles. The van der Waals surface area contributed by atoms with E-state index in [0.717, 1.165) is 0 Å². The summed E-state index contributed by atoms with van der Waals surface area (Å²) in [4.78, 5) is 11.8. The van der Waals surface area contributed by atoms with Crippen LogP contribution in [0.3, 0.4) is 0 Å². The van der Waals surface area contributed by atoms with Gasteiger partial charge in [0.1, 0.15) is 6.10 Å². The molecule has 4 heteroatoms. The highest BCUT2D eigenvalue weighted by molar-refractivity contribution is 5.96. The fraction of sp³-hybridized carbons (Fsp3) is 0.462. The second-order valence-electron chi connectivity index (χ2n) is 4.50. The van der Waals surface area contributed by atoms with Crippen molar-refractivity contribution in [1.29, 1.82) is 0 Å². The van der Waals surface area contributed by atoms with Crippen LogP contribution in [0.25, 0.3) is 0 Å². The SMILES string of the molecule is CC(OCC1CC1)C(=O)Nc1ccccc1N. The highest BCUT2D eigenvalue weighted by atomic mass is 16.5. The molecule has 0 saturated heterocycles. The minimum absolute atomic E-state index is 0.149. The van der Waals surface area contributed by atoms with Crippen LogP contribution in [0.4, 0.5) is 11.4 Å². The van der Waals surface area contributed by atoms with Crippen molar-refractivity contribution in [1.82, 2.24) is 0 Å². The average molecular weight is 234 g/mol. The summed E-state index contributed by atoms with van der Waals surface area (Å²) < 4.78 is 5.49. The van der Waals surface area contributed by atoms with E-state index in [1.165, 1.54) is 12.8 Å². The van der Waals surface area contributed by atoms with Crippen LogP contribution in [-0.2, 0) is 9.53 Å². The van der Waals surface area contributed by atoms with Gasteiger partial charge in [0.2, 0.25) is 0 Å². The van der Waals surface area contributed by atoms with Crippen molar-refractivity contribution in [2.75, 3.05) is 17.7 Å². The lowest BCUT2D eigenvalue weighted by Gasteiger charge is -2.14. The maximum Gasteiger partial charge on any atom is 0.253 e. The third-order valence-corrected chi connectivity index (χ3v) is 2.87. The topological polar surface area (TPSA) is 64.3 Å². The van der Waals surface area contributed by atoms with Crippen molar-refractivity contribution >= 4 is 17.3 Å². The average Bonchev–Trinajstić information content (AvgIpc) is 3.13. The summed E-state index contributed by atoms with van der Waals surface area (Å²) in [5, 5.41) is 2.77. The first-order valence-corrected chi connectivity index (χ1v) is 5.94. The summed E-state index contributed by atoms with van der Waals surface area (Å²) in [6.07, 6.45) is 2.01. The second kappa shape index (κ2) is 5.19. The largest absolute Gasteiger partial charge is 0.397 e. The molecule has 2 rings (SSSR count). The van der Waals surface area contributed by atoms with Crippen molar-refractivity contribution in [3.05, 3.63) is 24.3 Å². The van der Waals surface area contributed by atoms with Gasteiger partial charge in [0, 0.05) is 0 Å². The van der Waals surface area contributed by atoms with Crippen molar-refractivity contribution in [3.8, 4) is 0 Å². The van der Waals surface area contributed by atoms with Gasteiger partial charge in [-0.1, -0.05) is 12.1 Å². The van der Waals surface area contributed by atoms with E-state index < -0.39 is 6.10 Å². The Labute approximate surface area is 101 Å². The van der Waals surface area contributed by atoms with E-state index in [1.807, 2.05) is 12.1 Å². The molecule has 1 saturated carbocycles. The van der Waals surface area contributed by atoms with Crippen molar-refractivity contribution in [2.24, 2.45) is 5.92 Å². The number of para-hydroxylation sites is 2. The van der Waals surface area contributed by atoms with E-state index >= 15 is 0 Å². The molecule has 4 nitrogen and oxygen atoms in total. The summed E-state index contributed by atoms with van der Waals surface area (Å²) in [6, 6.07) is 7.20. The van der Waals surface area contributed by atoms with Crippen LogP contribution in [0.5, 0.6) is 0 Å². The molecule has 0 spiro atoms. The van der Waals surface area contributed by atoms with Crippen LogP contribution in [-0.4, -0.2) is 18.6 Å². The second-order valence-corrected chi connectivity index (χ2v) is 4.50. The maximum absolute atomic E-state index is 11.8. The first-order valence-electron chi connectivity index (χ1n) is 5.94. The number of amides is 1. The molecule has 1 fully saturated rings. The zero-order valence-electron chi connectivity index (χ0n) is 9.98. The lowest BCUT2D eigenvalue weighted by Crippen LogP contribution is -2.28. The van der Waals surface area contributed by atoms with Gasteiger partial charge in [0.05, 0.1) is 18.0 Å². The molecule has 0 heterocycles. The standard InChI is InChI=1S/C13H18N2O2/c1-9(17-8-10-6-7-10)13(16)15-12-5-3-2-4-11(12)14/h2-5,9-10H,6-8,14H2,1H3,(H,15,16). The Hall–Kier alpha value is -1.55. The number of nitrogens with one attached hydrogen (secondary N) is 1. The lowest BCUT2D eigenvalue weighted by molar-refractivity contribution is -0.126. The number of carbonyl (C=O) groups is 1. The van der Waals surface area contributed by atoms with Crippen LogP contribution in [0.2, 0.25) is 0 Å². The van der Waals surface area contributed by atoms with Gasteiger partial charge in [-0.2, -0.15) is 0 Å². The Bertz CT molecular complexity index is 402. The van der Waals surface area contributed by atoms with Gasteiger partial charge in [-0.05, 0) is 37.8 Å². The zero-order chi connectivity index (χ0) is 12.3. The maximum atomic E-state index is 11.8. The first-order chi connectivity index (χ1) is 8.16. The Balaban J connectivity index is 1.84. The predicted molar refractivity (Wildman–Crippen MR) is 67.6 cm³/mol. The van der Waals surface area contributed by atoms with Gasteiger partial charge in [-0.15, -0.1) is 0 Å². The summed E-state index contributed by atoms with van der Waals surface area (Å²) in [5.74, 6) is 0.510. The van der Waals surface area contributed by atoms with E-state index in [0.29, 0.717) is 23.9 Å². The lowest BCUT2D eigenvalue weighted by atomic mass is 10.2. The number of carbonyl (C=O) groups excluding carboxylic acids is 1. The van der Waals surface area contributed by atoms with Gasteiger partial charge >= 0.3 is 0 Å². The third kappa shape index (κ3) is 3.46. The van der Waals surface area contributed by atoms with E-state index in [2.05, 4.69) is 5.32 Å². The van der Waals surface area contributed by atoms with E-state index in [1.54, 1.807) is 19.1 Å². The molecule has 0 bridgehead atoms. The van der Waals surface area contributed by atoms with Crippen molar-refractivity contribution in [3.63, 3.8) is 0 Å². The number of nitrogen functional groups attached to an aromatic ring is 1. The quantitative estimate of drug-likeness (QED) is 0.766. The summed E-state index contributed by atoms with van der Waals surface area (Å²) in [7, 11) is 0. The number of benzene rings is 1. The van der Waals surface area contributed by atoms with Gasteiger partial charge in [-0.25, -0.2) is 0 Å². The van der Waals surface area contributed by atoms with E-state index in [9.17, 15) is 4.79 Å². The Morgan fingerprint density at radius 2 is 2.24 bits per heavy atom. The summed E-state index contributed by atoms with van der Waals surface area (Å²) in [6.45, 7) is 2.44. The molecular formula is C13H18N2O2. The summed E-state index contributed by atoms with van der Waals surface area (Å²) >= 11 is 0. The van der Waals surface area contributed by atoms with Gasteiger partial charge in [0.15, 0.2) is 0 Å². The molecule has 1 aliphatic rings. The minimum Gasteiger partial charge on any atom is -0.397 e. The molecule has 0 aliphatic heterocycles.